The first kappa shape index (κ1) is 14.8. The number of amides is 2. The number of benzene rings is 1. The van der Waals surface area contributed by atoms with Crippen molar-refractivity contribution in [1.82, 2.24) is 10.2 Å². The van der Waals surface area contributed by atoms with Crippen LogP contribution in [0.2, 0.25) is 5.02 Å². The quantitative estimate of drug-likeness (QED) is 0.850. The predicted octanol–water partition coefficient (Wildman–Crippen LogP) is 1.21. The van der Waals surface area contributed by atoms with E-state index >= 15 is 0 Å². The number of ether oxygens (including phenoxy) is 1. The van der Waals surface area contributed by atoms with Gasteiger partial charge in [-0.05, 0) is 17.7 Å². The SMILES string of the molecule is O=C(CC(=O)N1CCOCC1)NCc1ccc(Cl)cc1. The summed E-state index contributed by atoms with van der Waals surface area (Å²) in [6.07, 6.45) is -0.117. The number of hydrogen-bond acceptors (Lipinski definition) is 3. The molecule has 1 heterocycles. The molecule has 1 aromatic carbocycles. The minimum atomic E-state index is -0.267. The lowest BCUT2D eigenvalue weighted by Gasteiger charge is -2.26. The molecule has 1 fully saturated rings. The van der Waals surface area contributed by atoms with Crippen molar-refractivity contribution in [3.63, 3.8) is 0 Å². The first-order chi connectivity index (χ1) is 9.65. The third-order valence-corrected chi connectivity index (χ3v) is 3.33. The van der Waals surface area contributed by atoms with Crippen molar-refractivity contribution >= 4 is 23.4 Å². The van der Waals surface area contributed by atoms with Crippen LogP contribution in [0.3, 0.4) is 0 Å². The molecule has 6 heteroatoms. The molecule has 108 valence electrons. The summed E-state index contributed by atoms with van der Waals surface area (Å²) >= 11 is 5.78. The summed E-state index contributed by atoms with van der Waals surface area (Å²) < 4.78 is 5.16. The normalized spacial score (nSPS) is 14.9. The number of hydrogen-bond donors (Lipinski definition) is 1. The third-order valence-electron chi connectivity index (χ3n) is 3.08. The largest absolute Gasteiger partial charge is 0.378 e. The molecule has 0 unspecified atom stereocenters. The number of carbonyl (C=O) groups is 2. The third kappa shape index (κ3) is 4.51. The molecule has 5 nitrogen and oxygen atoms in total. The standard InChI is InChI=1S/C14H17ClN2O3/c15-12-3-1-11(2-4-12)10-16-13(18)9-14(19)17-5-7-20-8-6-17/h1-4H,5-10H2,(H,16,18). The van der Waals surface area contributed by atoms with E-state index in [4.69, 9.17) is 16.3 Å². The van der Waals surface area contributed by atoms with Crippen molar-refractivity contribution in [2.24, 2.45) is 0 Å². The lowest BCUT2D eigenvalue weighted by atomic mass is 10.2. The van der Waals surface area contributed by atoms with E-state index in [-0.39, 0.29) is 18.2 Å². The van der Waals surface area contributed by atoms with E-state index in [1.165, 1.54) is 0 Å². The molecule has 2 amide bonds. The fraction of sp³-hybridized carbons (Fsp3) is 0.429. The van der Waals surface area contributed by atoms with Crippen LogP contribution in [0, 0.1) is 0 Å². The number of nitrogens with one attached hydrogen (secondary N) is 1. The van der Waals surface area contributed by atoms with Crippen LogP contribution in [0.4, 0.5) is 0 Å². The first-order valence-corrected chi connectivity index (χ1v) is 6.89. The van der Waals surface area contributed by atoms with Crippen molar-refractivity contribution in [3.8, 4) is 0 Å². The second-order valence-electron chi connectivity index (χ2n) is 4.57. The number of nitrogens with zero attached hydrogens (tertiary/aromatic N) is 1. The maximum atomic E-state index is 11.9. The fourth-order valence-electron chi connectivity index (χ4n) is 1.93. The topological polar surface area (TPSA) is 58.6 Å². The summed E-state index contributed by atoms with van der Waals surface area (Å²) in [6, 6.07) is 7.21. The summed E-state index contributed by atoms with van der Waals surface area (Å²) in [5.41, 5.74) is 0.946. The second kappa shape index (κ2) is 7.26. The van der Waals surface area contributed by atoms with Gasteiger partial charge < -0.3 is 15.0 Å². The summed E-state index contributed by atoms with van der Waals surface area (Å²) in [7, 11) is 0. The monoisotopic (exact) mass is 296 g/mol. The van der Waals surface area contributed by atoms with Gasteiger partial charge in [-0.3, -0.25) is 9.59 Å². The summed E-state index contributed by atoms with van der Waals surface area (Å²) in [5.74, 6) is -0.418. The van der Waals surface area contributed by atoms with Crippen LogP contribution >= 0.6 is 11.6 Å². The van der Waals surface area contributed by atoms with Gasteiger partial charge in [-0.15, -0.1) is 0 Å². The van der Waals surface area contributed by atoms with Gasteiger partial charge in [0.2, 0.25) is 11.8 Å². The molecule has 0 aromatic heterocycles. The van der Waals surface area contributed by atoms with E-state index in [0.717, 1.165) is 5.56 Å². The Morgan fingerprint density at radius 1 is 1.20 bits per heavy atom. The van der Waals surface area contributed by atoms with E-state index < -0.39 is 0 Å². The molecule has 2 rings (SSSR count). The lowest BCUT2D eigenvalue weighted by Crippen LogP contribution is -2.42. The minimum Gasteiger partial charge on any atom is -0.378 e. The van der Waals surface area contributed by atoms with Gasteiger partial charge in [0, 0.05) is 24.7 Å². The van der Waals surface area contributed by atoms with E-state index in [2.05, 4.69) is 5.32 Å². The molecular weight excluding hydrogens is 280 g/mol. The zero-order valence-electron chi connectivity index (χ0n) is 11.1. The summed E-state index contributed by atoms with van der Waals surface area (Å²) in [4.78, 5) is 25.2. The molecular formula is C14H17ClN2O3. The van der Waals surface area contributed by atoms with Gasteiger partial charge in [0.05, 0.1) is 13.2 Å². The molecule has 0 atom stereocenters. The van der Waals surface area contributed by atoms with Crippen LogP contribution in [-0.4, -0.2) is 43.0 Å². The van der Waals surface area contributed by atoms with E-state index in [1.807, 2.05) is 12.1 Å². The van der Waals surface area contributed by atoms with E-state index in [0.29, 0.717) is 37.9 Å². The number of rotatable bonds is 4. The second-order valence-corrected chi connectivity index (χ2v) is 5.01. The fourth-order valence-corrected chi connectivity index (χ4v) is 2.05. The maximum Gasteiger partial charge on any atom is 0.232 e. The Kier molecular flexibility index (Phi) is 5.38. The molecule has 0 radical (unpaired) electrons. The van der Waals surface area contributed by atoms with Crippen molar-refractivity contribution in [1.29, 1.82) is 0 Å². The smallest absolute Gasteiger partial charge is 0.232 e. The molecule has 1 saturated heterocycles. The van der Waals surface area contributed by atoms with Crippen LogP contribution in [0.1, 0.15) is 12.0 Å². The van der Waals surface area contributed by atoms with Crippen molar-refractivity contribution in [3.05, 3.63) is 34.9 Å². The Balaban J connectivity index is 1.74. The highest BCUT2D eigenvalue weighted by Crippen LogP contribution is 2.09. The Bertz CT molecular complexity index is 470. The van der Waals surface area contributed by atoms with Crippen LogP contribution in [0.15, 0.2) is 24.3 Å². The molecule has 0 bridgehead atoms. The van der Waals surface area contributed by atoms with E-state index in [9.17, 15) is 9.59 Å². The zero-order valence-corrected chi connectivity index (χ0v) is 11.9. The van der Waals surface area contributed by atoms with Gasteiger partial charge in [-0.25, -0.2) is 0 Å². The highest BCUT2D eigenvalue weighted by Gasteiger charge is 2.19. The maximum absolute atomic E-state index is 11.9. The van der Waals surface area contributed by atoms with Crippen molar-refractivity contribution in [2.75, 3.05) is 26.3 Å². The van der Waals surface area contributed by atoms with Gasteiger partial charge in [0.1, 0.15) is 6.42 Å². The van der Waals surface area contributed by atoms with Crippen LogP contribution < -0.4 is 5.32 Å². The van der Waals surface area contributed by atoms with Gasteiger partial charge in [0.15, 0.2) is 0 Å². The zero-order chi connectivity index (χ0) is 14.4. The predicted molar refractivity (Wildman–Crippen MR) is 75.3 cm³/mol. The van der Waals surface area contributed by atoms with Gasteiger partial charge in [-0.2, -0.15) is 0 Å². The minimum absolute atomic E-state index is 0.117. The average molecular weight is 297 g/mol. The van der Waals surface area contributed by atoms with Crippen LogP contribution in [0.5, 0.6) is 0 Å². The van der Waals surface area contributed by atoms with Crippen LogP contribution in [-0.2, 0) is 20.9 Å². The number of halogens is 1. The van der Waals surface area contributed by atoms with Gasteiger partial charge in [0.25, 0.3) is 0 Å². The molecule has 1 aliphatic heterocycles. The number of carbonyl (C=O) groups excluding carboxylic acids is 2. The highest BCUT2D eigenvalue weighted by molar-refractivity contribution is 6.30. The Labute approximate surface area is 122 Å². The van der Waals surface area contributed by atoms with Crippen molar-refractivity contribution in [2.45, 2.75) is 13.0 Å². The summed E-state index contributed by atoms with van der Waals surface area (Å²) in [5, 5.41) is 3.38. The van der Waals surface area contributed by atoms with Crippen LogP contribution in [0.25, 0.3) is 0 Å². The Morgan fingerprint density at radius 2 is 1.85 bits per heavy atom. The molecule has 0 saturated carbocycles. The van der Waals surface area contributed by atoms with E-state index in [1.54, 1.807) is 17.0 Å². The summed E-state index contributed by atoms with van der Waals surface area (Å²) in [6.45, 7) is 2.59. The highest BCUT2D eigenvalue weighted by atomic mass is 35.5. The van der Waals surface area contributed by atoms with Gasteiger partial charge >= 0.3 is 0 Å². The lowest BCUT2D eigenvalue weighted by molar-refractivity contribution is -0.139. The first-order valence-electron chi connectivity index (χ1n) is 6.52. The Morgan fingerprint density at radius 3 is 2.50 bits per heavy atom. The molecule has 0 aliphatic carbocycles. The molecule has 0 spiro atoms. The van der Waals surface area contributed by atoms with Crippen molar-refractivity contribution < 1.29 is 14.3 Å². The molecule has 20 heavy (non-hydrogen) atoms. The average Bonchev–Trinajstić information content (AvgIpc) is 2.47. The molecule has 1 N–H and O–H groups in total. The molecule has 1 aromatic rings. The molecule has 1 aliphatic rings. The number of morpholine rings is 1. The van der Waals surface area contributed by atoms with Gasteiger partial charge in [-0.1, -0.05) is 23.7 Å². The Hall–Kier alpha value is -1.59.